The first-order chi connectivity index (χ1) is 9.56. The largest absolute Gasteiger partial charge is 0.489 e. The van der Waals surface area contributed by atoms with E-state index in [9.17, 15) is 4.39 Å². The Hall–Kier alpha value is -1.58. The summed E-state index contributed by atoms with van der Waals surface area (Å²) in [6, 6.07) is 12.7. The van der Waals surface area contributed by atoms with Crippen molar-refractivity contribution in [2.24, 2.45) is 5.73 Å². The highest BCUT2D eigenvalue weighted by atomic mass is 35.5. The molecule has 0 saturated heterocycles. The minimum Gasteiger partial charge on any atom is -0.489 e. The van der Waals surface area contributed by atoms with Crippen LogP contribution in [0.5, 0.6) is 5.75 Å². The molecule has 0 saturated carbocycles. The van der Waals surface area contributed by atoms with Crippen molar-refractivity contribution < 1.29 is 9.13 Å². The summed E-state index contributed by atoms with van der Waals surface area (Å²) in [5, 5.41) is 0.110. The Morgan fingerprint density at radius 1 is 1.20 bits per heavy atom. The second kappa shape index (κ2) is 6.73. The summed E-state index contributed by atoms with van der Waals surface area (Å²) in [7, 11) is 0. The summed E-state index contributed by atoms with van der Waals surface area (Å²) in [6.07, 6.45) is 0.823. The molecule has 20 heavy (non-hydrogen) atoms. The molecule has 0 radical (unpaired) electrons. The van der Waals surface area contributed by atoms with Crippen molar-refractivity contribution in [3.63, 3.8) is 0 Å². The van der Waals surface area contributed by atoms with Gasteiger partial charge in [-0.1, -0.05) is 35.9 Å². The van der Waals surface area contributed by atoms with Crippen molar-refractivity contribution in [1.29, 1.82) is 0 Å². The van der Waals surface area contributed by atoms with E-state index in [1.807, 2.05) is 31.2 Å². The molecule has 2 nitrogen and oxygen atoms in total. The van der Waals surface area contributed by atoms with Crippen molar-refractivity contribution >= 4 is 11.6 Å². The van der Waals surface area contributed by atoms with Gasteiger partial charge < -0.3 is 10.5 Å². The van der Waals surface area contributed by atoms with Crippen LogP contribution in [0.25, 0.3) is 0 Å². The Kier molecular flexibility index (Phi) is 4.99. The average molecular weight is 294 g/mol. The minimum absolute atomic E-state index is 0.110. The maximum atomic E-state index is 13.7. The predicted octanol–water partition coefficient (Wildman–Crippen LogP) is 3.95. The van der Waals surface area contributed by atoms with E-state index in [1.165, 1.54) is 6.07 Å². The van der Waals surface area contributed by atoms with Crippen LogP contribution in [0.15, 0.2) is 42.5 Å². The van der Waals surface area contributed by atoms with Crippen molar-refractivity contribution in [2.75, 3.05) is 0 Å². The number of rotatable bonds is 5. The molecule has 0 heterocycles. The quantitative estimate of drug-likeness (QED) is 0.906. The van der Waals surface area contributed by atoms with Crippen LogP contribution in [-0.4, -0.2) is 6.04 Å². The number of ether oxygens (including phenoxy) is 1. The second-order valence-electron chi connectivity index (χ2n) is 4.83. The Labute approximate surface area is 123 Å². The molecule has 0 aliphatic rings. The van der Waals surface area contributed by atoms with Gasteiger partial charge in [-0.15, -0.1) is 0 Å². The van der Waals surface area contributed by atoms with E-state index in [4.69, 9.17) is 22.1 Å². The van der Waals surface area contributed by atoms with E-state index in [-0.39, 0.29) is 17.7 Å². The molecular weight excluding hydrogens is 277 g/mol. The lowest BCUT2D eigenvalue weighted by Gasteiger charge is -2.09. The number of hydrogen-bond donors (Lipinski definition) is 1. The van der Waals surface area contributed by atoms with Gasteiger partial charge in [-0.25, -0.2) is 4.39 Å². The fourth-order valence-electron chi connectivity index (χ4n) is 1.91. The molecule has 2 aromatic carbocycles. The van der Waals surface area contributed by atoms with Gasteiger partial charge in [0.1, 0.15) is 18.2 Å². The molecule has 0 aliphatic carbocycles. The average Bonchev–Trinajstić information content (AvgIpc) is 2.41. The second-order valence-corrected chi connectivity index (χ2v) is 5.23. The molecule has 0 fully saturated rings. The molecule has 0 aromatic heterocycles. The molecule has 106 valence electrons. The van der Waals surface area contributed by atoms with Gasteiger partial charge in [-0.05, 0) is 37.1 Å². The zero-order valence-corrected chi connectivity index (χ0v) is 12.0. The highest BCUT2D eigenvalue weighted by molar-refractivity contribution is 6.30. The maximum Gasteiger partial charge on any atom is 0.148 e. The number of nitrogens with two attached hydrogens (primary N) is 1. The molecule has 0 spiro atoms. The molecule has 4 heteroatoms. The van der Waals surface area contributed by atoms with Gasteiger partial charge in [0.15, 0.2) is 0 Å². The lowest BCUT2D eigenvalue weighted by Crippen LogP contribution is -2.17. The minimum atomic E-state index is -0.428. The van der Waals surface area contributed by atoms with Crippen LogP contribution in [0.3, 0.4) is 0 Å². The molecule has 1 unspecified atom stereocenters. The van der Waals surface area contributed by atoms with Gasteiger partial charge in [-0.2, -0.15) is 0 Å². The normalized spacial score (nSPS) is 12.2. The topological polar surface area (TPSA) is 35.2 Å². The highest BCUT2D eigenvalue weighted by Gasteiger charge is 2.07. The molecule has 2 aromatic rings. The van der Waals surface area contributed by atoms with Gasteiger partial charge in [0.05, 0.1) is 5.02 Å². The van der Waals surface area contributed by atoms with Crippen LogP contribution >= 0.6 is 11.6 Å². The fraction of sp³-hybridized carbons (Fsp3) is 0.250. The van der Waals surface area contributed by atoms with Crippen LogP contribution in [-0.2, 0) is 13.0 Å². The van der Waals surface area contributed by atoms with E-state index in [2.05, 4.69) is 0 Å². The van der Waals surface area contributed by atoms with Crippen molar-refractivity contribution in [1.82, 2.24) is 0 Å². The van der Waals surface area contributed by atoms with Crippen molar-refractivity contribution in [3.05, 3.63) is 64.4 Å². The van der Waals surface area contributed by atoms with Crippen LogP contribution in [0.2, 0.25) is 5.02 Å². The van der Waals surface area contributed by atoms with Gasteiger partial charge >= 0.3 is 0 Å². The summed E-state index contributed by atoms with van der Waals surface area (Å²) in [4.78, 5) is 0. The first-order valence-corrected chi connectivity index (χ1v) is 6.84. The van der Waals surface area contributed by atoms with E-state index in [1.54, 1.807) is 12.1 Å². The number of hydrogen-bond acceptors (Lipinski definition) is 2. The summed E-state index contributed by atoms with van der Waals surface area (Å²) in [6.45, 7) is 2.12. The lowest BCUT2D eigenvalue weighted by molar-refractivity contribution is 0.300. The molecule has 1 atom stereocenters. The summed E-state index contributed by atoms with van der Waals surface area (Å²) < 4.78 is 19.2. The highest BCUT2D eigenvalue weighted by Crippen LogP contribution is 2.20. The molecule has 2 rings (SSSR count). The van der Waals surface area contributed by atoms with E-state index < -0.39 is 5.82 Å². The van der Waals surface area contributed by atoms with Gasteiger partial charge in [-0.3, -0.25) is 0 Å². The zero-order valence-electron chi connectivity index (χ0n) is 11.3. The van der Waals surface area contributed by atoms with E-state index in [0.717, 1.165) is 12.0 Å². The Morgan fingerprint density at radius 2 is 1.90 bits per heavy atom. The molecular formula is C16H17ClFNO. The Morgan fingerprint density at radius 3 is 2.55 bits per heavy atom. The van der Waals surface area contributed by atoms with Crippen molar-refractivity contribution in [3.8, 4) is 5.75 Å². The zero-order chi connectivity index (χ0) is 14.5. The van der Waals surface area contributed by atoms with E-state index in [0.29, 0.717) is 11.3 Å². The van der Waals surface area contributed by atoms with Gasteiger partial charge in [0.25, 0.3) is 0 Å². The van der Waals surface area contributed by atoms with Crippen LogP contribution in [0.4, 0.5) is 4.39 Å². The third-order valence-corrected chi connectivity index (χ3v) is 3.20. The van der Waals surface area contributed by atoms with E-state index >= 15 is 0 Å². The third-order valence-electron chi connectivity index (χ3n) is 2.91. The molecule has 2 N–H and O–H groups in total. The van der Waals surface area contributed by atoms with Crippen LogP contribution in [0.1, 0.15) is 18.1 Å². The summed E-state index contributed by atoms with van der Waals surface area (Å²) in [5.41, 5.74) is 7.34. The summed E-state index contributed by atoms with van der Waals surface area (Å²) in [5.74, 6) is 0.264. The fourth-order valence-corrected chi connectivity index (χ4v) is 2.11. The molecule has 0 aliphatic heterocycles. The van der Waals surface area contributed by atoms with Gasteiger partial charge in [0.2, 0.25) is 0 Å². The standard InChI is InChI=1S/C16H17ClFNO/c1-11(19)9-12-5-7-14(8-6-12)20-10-13-3-2-4-15(17)16(13)18/h2-8,11H,9-10,19H2,1H3. The maximum absolute atomic E-state index is 13.7. The Balaban J connectivity index is 1.99. The lowest BCUT2D eigenvalue weighted by atomic mass is 10.1. The summed E-state index contributed by atoms with van der Waals surface area (Å²) >= 11 is 5.72. The van der Waals surface area contributed by atoms with Crippen LogP contribution in [0, 0.1) is 5.82 Å². The SMILES string of the molecule is CC(N)Cc1ccc(OCc2cccc(Cl)c2F)cc1. The first kappa shape index (κ1) is 14.8. The van der Waals surface area contributed by atoms with Crippen molar-refractivity contribution in [2.45, 2.75) is 26.0 Å². The monoisotopic (exact) mass is 293 g/mol. The Bertz CT molecular complexity index is 569. The molecule has 0 bridgehead atoms. The number of benzene rings is 2. The third kappa shape index (κ3) is 3.95. The molecule has 0 amide bonds. The van der Waals surface area contributed by atoms with Gasteiger partial charge in [0, 0.05) is 11.6 Å². The predicted molar refractivity (Wildman–Crippen MR) is 79.5 cm³/mol. The first-order valence-electron chi connectivity index (χ1n) is 6.46. The smallest absolute Gasteiger partial charge is 0.148 e. The van der Waals surface area contributed by atoms with Crippen LogP contribution < -0.4 is 10.5 Å². The number of halogens is 2.